The second-order valence-corrected chi connectivity index (χ2v) is 8.22. The van der Waals surface area contributed by atoms with E-state index in [1.54, 1.807) is 17.0 Å². The van der Waals surface area contributed by atoms with Crippen LogP contribution in [0.25, 0.3) is 0 Å². The highest BCUT2D eigenvalue weighted by Crippen LogP contribution is 2.35. The van der Waals surface area contributed by atoms with Gasteiger partial charge in [0.15, 0.2) is 0 Å². The Balaban J connectivity index is 1.70. The molecule has 3 rings (SSSR count). The van der Waals surface area contributed by atoms with Crippen LogP contribution in [0.4, 0.5) is 29.6 Å². The van der Waals surface area contributed by atoms with Gasteiger partial charge in [-0.2, -0.15) is 13.2 Å². The molecule has 0 spiro atoms. The number of hydrogen-bond donors (Lipinski definition) is 1. The van der Waals surface area contributed by atoms with E-state index in [0.717, 1.165) is 30.7 Å². The van der Waals surface area contributed by atoms with Gasteiger partial charge in [-0.15, -0.1) is 0 Å². The molecule has 1 aliphatic rings. The van der Waals surface area contributed by atoms with Crippen molar-refractivity contribution in [1.29, 1.82) is 0 Å². The number of carbonyl (C=O) groups is 1. The van der Waals surface area contributed by atoms with E-state index in [2.05, 4.69) is 15.3 Å². The summed E-state index contributed by atoms with van der Waals surface area (Å²) in [4.78, 5) is 21.4. The fourth-order valence-electron chi connectivity index (χ4n) is 3.36. The number of nitrogens with zero attached hydrogens (tertiary/aromatic N) is 3. The average molecular weight is 422 g/mol. The van der Waals surface area contributed by atoms with Gasteiger partial charge in [0, 0.05) is 25.0 Å². The highest BCUT2D eigenvalue weighted by atomic mass is 19.4. The number of rotatable bonds is 3. The molecule has 0 atom stereocenters. The van der Waals surface area contributed by atoms with Gasteiger partial charge in [0.05, 0.1) is 0 Å². The Morgan fingerprint density at radius 3 is 2.43 bits per heavy atom. The molecule has 2 heterocycles. The number of alkyl halides is 3. The van der Waals surface area contributed by atoms with E-state index < -0.39 is 17.5 Å². The van der Waals surface area contributed by atoms with Gasteiger partial charge in [-0.3, -0.25) is 0 Å². The third kappa shape index (κ3) is 5.61. The summed E-state index contributed by atoms with van der Waals surface area (Å²) in [6.45, 7) is 6.59. The summed E-state index contributed by atoms with van der Waals surface area (Å²) in [7, 11) is 0. The molecule has 0 unspecified atom stereocenters. The molecule has 0 aliphatic carbocycles. The number of carbonyl (C=O) groups excluding carboxylic acids is 1. The van der Waals surface area contributed by atoms with Crippen LogP contribution in [-0.4, -0.2) is 39.7 Å². The third-order valence-electron chi connectivity index (χ3n) is 4.74. The quantitative estimate of drug-likeness (QED) is 0.722. The molecule has 9 heteroatoms. The van der Waals surface area contributed by atoms with E-state index in [-0.39, 0.29) is 18.0 Å². The van der Waals surface area contributed by atoms with Crippen molar-refractivity contribution in [3.63, 3.8) is 0 Å². The highest BCUT2D eigenvalue weighted by Gasteiger charge is 2.33. The van der Waals surface area contributed by atoms with Gasteiger partial charge in [-0.1, -0.05) is 18.2 Å². The van der Waals surface area contributed by atoms with Crippen molar-refractivity contribution in [3.8, 4) is 0 Å². The molecule has 2 aromatic rings. The predicted octanol–water partition coefficient (Wildman–Crippen LogP) is 5.35. The maximum Gasteiger partial charge on any atom is 0.433 e. The average Bonchev–Trinajstić information content (AvgIpc) is 2.67. The lowest BCUT2D eigenvalue weighted by Gasteiger charge is -2.34. The van der Waals surface area contributed by atoms with Gasteiger partial charge in [-0.25, -0.2) is 14.8 Å². The highest BCUT2D eigenvalue weighted by molar-refractivity contribution is 5.68. The summed E-state index contributed by atoms with van der Waals surface area (Å²) in [5.74, 6) is 0.0432. The molecule has 1 aromatic heterocycles. The number of para-hydroxylation sites is 1. The molecule has 1 fully saturated rings. The van der Waals surface area contributed by atoms with E-state index in [9.17, 15) is 18.0 Å². The maximum atomic E-state index is 12.9. The van der Waals surface area contributed by atoms with Crippen LogP contribution in [0.2, 0.25) is 0 Å². The van der Waals surface area contributed by atoms with E-state index in [1.165, 1.54) is 0 Å². The fourth-order valence-corrected chi connectivity index (χ4v) is 3.36. The number of benzene rings is 1. The van der Waals surface area contributed by atoms with Crippen molar-refractivity contribution >= 4 is 17.7 Å². The molecule has 1 aliphatic heterocycles. The largest absolute Gasteiger partial charge is 0.444 e. The van der Waals surface area contributed by atoms with Crippen molar-refractivity contribution in [2.45, 2.75) is 51.3 Å². The monoisotopic (exact) mass is 422 g/mol. The minimum Gasteiger partial charge on any atom is -0.444 e. The summed E-state index contributed by atoms with van der Waals surface area (Å²) in [6, 6.07) is 8.25. The summed E-state index contributed by atoms with van der Waals surface area (Å²) < 4.78 is 44.2. The molecule has 1 amide bonds. The number of nitrogens with one attached hydrogen (secondary N) is 1. The van der Waals surface area contributed by atoms with Gasteiger partial charge < -0.3 is 15.0 Å². The molecule has 1 saturated heterocycles. The first-order valence-electron chi connectivity index (χ1n) is 9.77. The number of amides is 1. The predicted molar refractivity (Wildman–Crippen MR) is 107 cm³/mol. The van der Waals surface area contributed by atoms with Crippen molar-refractivity contribution in [2.24, 2.45) is 0 Å². The topological polar surface area (TPSA) is 67.3 Å². The smallest absolute Gasteiger partial charge is 0.433 e. The summed E-state index contributed by atoms with van der Waals surface area (Å²) in [5, 5.41) is 2.92. The van der Waals surface area contributed by atoms with Crippen LogP contribution in [0.15, 0.2) is 36.5 Å². The molecule has 30 heavy (non-hydrogen) atoms. The Morgan fingerprint density at radius 1 is 1.13 bits per heavy atom. The zero-order valence-electron chi connectivity index (χ0n) is 17.2. The number of likely N-dealkylation sites (tertiary alicyclic amines) is 1. The Bertz CT molecular complexity index is 888. The Labute approximate surface area is 173 Å². The van der Waals surface area contributed by atoms with Gasteiger partial charge in [0.2, 0.25) is 5.95 Å². The second kappa shape index (κ2) is 8.49. The van der Waals surface area contributed by atoms with Crippen molar-refractivity contribution < 1.29 is 22.7 Å². The minimum atomic E-state index is -4.53. The zero-order chi connectivity index (χ0) is 21.9. The lowest BCUT2D eigenvalue weighted by atomic mass is 9.88. The van der Waals surface area contributed by atoms with E-state index in [1.807, 2.05) is 32.9 Å². The number of aromatic nitrogens is 2. The Hall–Kier alpha value is -2.84. The van der Waals surface area contributed by atoms with Crippen LogP contribution in [0, 0.1) is 0 Å². The molecule has 0 bridgehead atoms. The molecule has 1 aromatic carbocycles. The van der Waals surface area contributed by atoms with Crippen molar-refractivity contribution in [3.05, 3.63) is 47.8 Å². The Kier molecular flexibility index (Phi) is 6.19. The first kappa shape index (κ1) is 21.9. The number of hydrogen-bond acceptors (Lipinski definition) is 5. The molecule has 0 saturated carbocycles. The van der Waals surface area contributed by atoms with E-state index >= 15 is 0 Å². The first-order chi connectivity index (χ1) is 14.0. The van der Waals surface area contributed by atoms with Crippen molar-refractivity contribution in [2.75, 3.05) is 18.4 Å². The zero-order valence-corrected chi connectivity index (χ0v) is 17.2. The fraction of sp³-hybridized carbons (Fsp3) is 0.476. The number of ether oxygens (including phenoxy) is 1. The standard InChI is InChI=1S/C21H25F3N4O2/c1-20(2,3)30-19(29)28-12-9-14(10-13-28)15-6-4-5-7-16(15)26-18-25-11-8-17(27-18)21(22,23)24/h4-8,11,14H,9-10,12-13H2,1-3H3,(H,25,26,27). The SMILES string of the molecule is CC(C)(C)OC(=O)N1CCC(c2ccccc2Nc2nccc(C(F)(F)F)n2)CC1. The molecular formula is C21H25F3N4O2. The van der Waals surface area contributed by atoms with Crippen LogP contribution in [0.5, 0.6) is 0 Å². The molecular weight excluding hydrogens is 397 g/mol. The first-order valence-corrected chi connectivity index (χ1v) is 9.77. The molecule has 6 nitrogen and oxygen atoms in total. The number of piperidine rings is 1. The van der Waals surface area contributed by atoms with Gasteiger partial charge >= 0.3 is 12.3 Å². The van der Waals surface area contributed by atoms with E-state index in [0.29, 0.717) is 18.8 Å². The minimum absolute atomic E-state index is 0.108. The molecule has 162 valence electrons. The van der Waals surface area contributed by atoms with Gasteiger partial charge in [0.25, 0.3) is 0 Å². The number of halogens is 3. The Morgan fingerprint density at radius 2 is 1.80 bits per heavy atom. The third-order valence-corrected chi connectivity index (χ3v) is 4.74. The molecule has 0 radical (unpaired) electrons. The normalized spacial score (nSPS) is 15.7. The maximum absolute atomic E-state index is 12.9. The van der Waals surface area contributed by atoms with Crippen LogP contribution in [0.1, 0.15) is 50.8 Å². The van der Waals surface area contributed by atoms with Crippen LogP contribution < -0.4 is 5.32 Å². The van der Waals surface area contributed by atoms with Crippen LogP contribution in [0.3, 0.4) is 0 Å². The lowest BCUT2D eigenvalue weighted by molar-refractivity contribution is -0.141. The lowest BCUT2D eigenvalue weighted by Crippen LogP contribution is -2.41. The van der Waals surface area contributed by atoms with E-state index in [4.69, 9.17) is 4.74 Å². The summed E-state index contributed by atoms with van der Waals surface area (Å²) >= 11 is 0. The van der Waals surface area contributed by atoms with Crippen LogP contribution >= 0.6 is 0 Å². The van der Waals surface area contributed by atoms with Gasteiger partial charge in [-0.05, 0) is 57.2 Å². The number of anilines is 2. The van der Waals surface area contributed by atoms with Gasteiger partial charge in [0.1, 0.15) is 11.3 Å². The summed E-state index contributed by atoms with van der Waals surface area (Å²) in [6.07, 6.45) is -2.33. The van der Waals surface area contributed by atoms with Crippen molar-refractivity contribution in [1.82, 2.24) is 14.9 Å². The second-order valence-electron chi connectivity index (χ2n) is 8.22. The summed E-state index contributed by atoms with van der Waals surface area (Å²) in [5.41, 5.74) is 0.0770. The molecule has 1 N–H and O–H groups in total. The van der Waals surface area contributed by atoms with Crippen LogP contribution in [-0.2, 0) is 10.9 Å².